The Kier molecular flexibility index (Phi) is 2.99. The fourth-order valence-corrected chi connectivity index (χ4v) is 2.95. The normalized spacial score (nSPS) is 13.1. The van der Waals surface area contributed by atoms with Gasteiger partial charge in [-0.15, -0.1) is 0 Å². The molecule has 0 fully saturated rings. The Morgan fingerprint density at radius 3 is 3.00 bits per heavy atom. The van der Waals surface area contributed by atoms with Crippen LogP contribution in [-0.2, 0) is 12.8 Å². The third-order valence-electron chi connectivity index (χ3n) is 2.98. The van der Waals surface area contributed by atoms with Gasteiger partial charge in [0, 0.05) is 11.9 Å². The minimum atomic E-state index is 0.659. The zero-order valence-electron chi connectivity index (χ0n) is 9.76. The molecule has 0 radical (unpaired) electrons. The molecule has 0 amide bonds. The second-order valence-corrected chi connectivity index (χ2v) is 5.19. The molecule has 3 nitrogen and oxygen atoms in total. The zero-order valence-corrected chi connectivity index (χ0v) is 10.6. The second-order valence-electron chi connectivity index (χ2n) is 4.18. The van der Waals surface area contributed by atoms with E-state index < -0.39 is 0 Å². The van der Waals surface area contributed by atoms with Crippen molar-refractivity contribution in [3.63, 3.8) is 0 Å². The van der Waals surface area contributed by atoms with Gasteiger partial charge in [0.1, 0.15) is 16.1 Å². The summed E-state index contributed by atoms with van der Waals surface area (Å²) < 4.78 is 0. The standard InChI is InChI=1S/C14H11N3S/c15-9-11-8-10-4-3-5-12(10)17-14(11)18-13-6-1-2-7-16-13/h1-2,6-8H,3-5H2. The van der Waals surface area contributed by atoms with Crippen molar-refractivity contribution < 1.29 is 0 Å². The molecule has 1 aliphatic rings. The molecule has 2 aromatic rings. The Labute approximate surface area is 110 Å². The van der Waals surface area contributed by atoms with Crippen LogP contribution < -0.4 is 0 Å². The van der Waals surface area contributed by atoms with E-state index in [4.69, 9.17) is 0 Å². The van der Waals surface area contributed by atoms with E-state index in [-0.39, 0.29) is 0 Å². The quantitative estimate of drug-likeness (QED) is 0.825. The van der Waals surface area contributed by atoms with Crippen molar-refractivity contribution in [3.8, 4) is 6.07 Å². The van der Waals surface area contributed by atoms with Crippen LogP contribution in [0.15, 0.2) is 40.5 Å². The van der Waals surface area contributed by atoms with E-state index in [1.807, 2.05) is 24.3 Å². The van der Waals surface area contributed by atoms with Gasteiger partial charge >= 0.3 is 0 Å². The van der Waals surface area contributed by atoms with Crippen molar-refractivity contribution in [3.05, 3.63) is 47.3 Å². The molecule has 0 atom stereocenters. The van der Waals surface area contributed by atoms with Gasteiger partial charge in [-0.1, -0.05) is 6.07 Å². The predicted molar refractivity (Wildman–Crippen MR) is 69.3 cm³/mol. The molecule has 4 heteroatoms. The maximum absolute atomic E-state index is 9.20. The SMILES string of the molecule is N#Cc1cc2c(nc1Sc1ccccn1)CCC2. The van der Waals surface area contributed by atoms with Gasteiger partial charge in [-0.2, -0.15) is 5.26 Å². The number of nitriles is 1. The number of rotatable bonds is 2. The Morgan fingerprint density at radius 1 is 1.28 bits per heavy atom. The second kappa shape index (κ2) is 4.79. The van der Waals surface area contributed by atoms with Crippen LogP contribution in [0.5, 0.6) is 0 Å². The summed E-state index contributed by atoms with van der Waals surface area (Å²) in [5.74, 6) is 0. The summed E-state index contributed by atoms with van der Waals surface area (Å²) in [4.78, 5) is 8.88. The first-order valence-electron chi connectivity index (χ1n) is 5.88. The highest BCUT2D eigenvalue weighted by Gasteiger charge is 2.17. The van der Waals surface area contributed by atoms with E-state index in [1.54, 1.807) is 6.20 Å². The molecule has 0 unspecified atom stereocenters. The summed E-state index contributed by atoms with van der Waals surface area (Å²) in [6, 6.07) is 9.97. The highest BCUT2D eigenvalue weighted by atomic mass is 32.2. The molecule has 0 bridgehead atoms. The molecule has 2 heterocycles. The number of aromatic nitrogens is 2. The first-order valence-corrected chi connectivity index (χ1v) is 6.70. The van der Waals surface area contributed by atoms with Crippen LogP contribution in [0, 0.1) is 11.3 Å². The Balaban J connectivity index is 1.99. The van der Waals surface area contributed by atoms with Crippen LogP contribution >= 0.6 is 11.8 Å². The summed E-state index contributed by atoms with van der Waals surface area (Å²) in [6.45, 7) is 0. The maximum atomic E-state index is 9.20. The van der Waals surface area contributed by atoms with Crippen LogP contribution in [0.2, 0.25) is 0 Å². The summed E-state index contributed by atoms with van der Waals surface area (Å²) >= 11 is 1.46. The number of aryl methyl sites for hydroxylation is 2. The Hall–Kier alpha value is -1.86. The van der Waals surface area contributed by atoms with E-state index >= 15 is 0 Å². The third-order valence-corrected chi connectivity index (χ3v) is 3.93. The van der Waals surface area contributed by atoms with Gasteiger partial charge in [0.25, 0.3) is 0 Å². The number of hydrogen-bond donors (Lipinski definition) is 0. The fourth-order valence-electron chi connectivity index (χ4n) is 2.12. The van der Waals surface area contributed by atoms with E-state index in [2.05, 4.69) is 16.0 Å². The fraction of sp³-hybridized carbons (Fsp3) is 0.214. The molecule has 0 saturated carbocycles. The van der Waals surface area contributed by atoms with Crippen molar-refractivity contribution in [1.82, 2.24) is 9.97 Å². The van der Waals surface area contributed by atoms with Gasteiger partial charge in [-0.25, -0.2) is 9.97 Å². The molecule has 0 aromatic carbocycles. The predicted octanol–water partition coefficient (Wildman–Crippen LogP) is 2.99. The van der Waals surface area contributed by atoms with Crippen LogP contribution in [0.4, 0.5) is 0 Å². The van der Waals surface area contributed by atoms with Crippen LogP contribution in [0.1, 0.15) is 23.2 Å². The van der Waals surface area contributed by atoms with Crippen LogP contribution in [-0.4, -0.2) is 9.97 Å². The van der Waals surface area contributed by atoms with Gasteiger partial charge in [-0.05, 0) is 54.8 Å². The van der Waals surface area contributed by atoms with Gasteiger partial charge in [0.2, 0.25) is 0 Å². The van der Waals surface area contributed by atoms with Crippen molar-refractivity contribution in [2.24, 2.45) is 0 Å². The number of fused-ring (bicyclic) bond motifs is 1. The third kappa shape index (κ3) is 2.09. The molecule has 2 aromatic heterocycles. The average molecular weight is 253 g/mol. The van der Waals surface area contributed by atoms with Gasteiger partial charge in [0.05, 0.1) is 5.56 Å². The summed E-state index contributed by atoms with van der Waals surface area (Å²) in [5, 5.41) is 10.9. The van der Waals surface area contributed by atoms with Crippen molar-refractivity contribution in [2.75, 3.05) is 0 Å². The summed E-state index contributed by atoms with van der Waals surface area (Å²) in [6.07, 6.45) is 4.97. The highest BCUT2D eigenvalue weighted by Crippen LogP contribution is 2.31. The van der Waals surface area contributed by atoms with Crippen LogP contribution in [0.25, 0.3) is 0 Å². The molecule has 0 spiro atoms. The number of hydrogen-bond acceptors (Lipinski definition) is 4. The molecule has 1 aliphatic carbocycles. The molecule has 18 heavy (non-hydrogen) atoms. The topological polar surface area (TPSA) is 49.6 Å². The average Bonchev–Trinajstić information content (AvgIpc) is 2.86. The van der Waals surface area contributed by atoms with E-state index in [1.165, 1.54) is 17.3 Å². The monoisotopic (exact) mass is 253 g/mol. The summed E-state index contributed by atoms with van der Waals surface area (Å²) in [7, 11) is 0. The largest absolute Gasteiger partial charge is 0.250 e. The molecule has 88 valence electrons. The van der Waals surface area contributed by atoms with Crippen LogP contribution in [0.3, 0.4) is 0 Å². The minimum absolute atomic E-state index is 0.659. The van der Waals surface area contributed by atoms with E-state index in [0.717, 1.165) is 35.0 Å². The smallest absolute Gasteiger partial charge is 0.120 e. The van der Waals surface area contributed by atoms with Crippen molar-refractivity contribution in [2.45, 2.75) is 29.3 Å². The molecule has 0 aliphatic heterocycles. The molecular formula is C14H11N3S. The zero-order chi connectivity index (χ0) is 12.4. The summed E-state index contributed by atoms with van der Waals surface area (Å²) in [5.41, 5.74) is 3.04. The maximum Gasteiger partial charge on any atom is 0.120 e. The Bertz CT molecular complexity index is 617. The first kappa shape index (κ1) is 11.2. The van der Waals surface area contributed by atoms with Crippen molar-refractivity contribution in [1.29, 1.82) is 5.26 Å². The molecule has 0 saturated heterocycles. The lowest BCUT2D eigenvalue weighted by Gasteiger charge is -2.05. The van der Waals surface area contributed by atoms with E-state index in [0.29, 0.717) is 5.56 Å². The number of pyridine rings is 2. The minimum Gasteiger partial charge on any atom is -0.250 e. The van der Waals surface area contributed by atoms with Gasteiger partial charge in [-0.3, -0.25) is 0 Å². The first-order chi connectivity index (χ1) is 8.86. The molecule has 0 N–H and O–H groups in total. The van der Waals surface area contributed by atoms with E-state index in [9.17, 15) is 5.26 Å². The van der Waals surface area contributed by atoms with Gasteiger partial charge < -0.3 is 0 Å². The number of nitrogens with zero attached hydrogens (tertiary/aromatic N) is 3. The molecule has 3 rings (SSSR count). The molecular weight excluding hydrogens is 242 g/mol. The Morgan fingerprint density at radius 2 is 2.22 bits per heavy atom. The lowest BCUT2D eigenvalue weighted by atomic mass is 10.2. The lowest BCUT2D eigenvalue weighted by Crippen LogP contribution is -1.95. The highest BCUT2D eigenvalue weighted by molar-refractivity contribution is 7.99. The van der Waals surface area contributed by atoms with Crippen molar-refractivity contribution >= 4 is 11.8 Å². The van der Waals surface area contributed by atoms with Gasteiger partial charge in [0.15, 0.2) is 0 Å². The lowest BCUT2D eigenvalue weighted by molar-refractivity contribution is 0.890.